The molecule has 0 aromatic carbocycles. The Morgan fingerprint density at radius 3 is 2.38 bits per heavy atom. The molecule has 3 nitrogen and oxygen atoms in total. The van der Waals surface area contributed by atoms with Gasteiger partial charge < -0.3 is 9.80 Å². The third-order valence-corrected chi connectivity index (χ3v) is 3.43. The van der Waals surface area contributed by atoms with Gasteiger partial charge in [-0.05, 0) is 39.7 Å². The maximum absolute atomic E-state index is 11.7. The lowest BCUT2D eigenvalue weighted by molar-refractivity contribution is -0.127. The van der Waals surface area contributed by atoms with Crippen LogP contribution >= 0.6 is 0 Å². The van der Waals surface area contributed by atoms with E-state index >= 15 is 0 Å². The summed E-state index contributed by atoms with van der Waals surface area (Å²) in [4.78, 5) is 16.0. The van der Waals surface area contributed by atoms with Crippen LogP contribution in [-0.2, 0) is 4.79 Å². The van der Waals surface area contributed by atoms with E-state index in [1.54, 1.807) is 6.08 Å². The molecule has 0 bridgehead atoms. The fourth-order valence-electron chi connectivity index (χ4n) is 2.23. The third kappa shape index (κ3) is 3.34. The van der Waals surface area contributed by atoms with Gasteiger partial charge >= 0.3 is 0 Å². The Morgan fingerprint density at radius 2 is 1.94 bits per heavy atom. The fourth-order valence-corrected chi connectivity index (χ4v) is 2.23. The van der Waals surface area contributed by atoms with Gasteiger partial charge in [-0.1, -0.05) is 6.08 Å². The van der Waals surface area contributed by atoms with Crippen molar-refractivity contribution < 1.29 is 4.79 Å². The van der Waals surface area contributed by atoms with Crippen LogP contribution in [0.3, 0.4) is 0 Å². The van der Waals surface area contributed by atoms with Crippen molar-refractivity contribution in [1.29, 1.82) is 0 Å². The van der Waals surface area contributed by atoms with E-state index in [1.165, 1.54) is 0 Å². The number of piperidine rings is 1. The van der Waals surface area contributed by atoms with Gasteiger partial charge in [0.05, 0.1) is 0 Å². The summed E-state index contributed by atoms with van der Waals surface area (Å²) < 4.78 is 0. The van der Waals surface area contributed by atoms with Gasteiger partial charge in [-0.2, -0.15) is 0 Å². The zero-order valence-electron chi connectivity index (χ0n) is 10.9. The number of likely N-dealkylation sites (N-methyl/N-ethyl adjacent to an activating group) is 1. The van der Waals surface area contributed by atoms with Crippen molar-refractivity contribution in [3.63, 3.8) is 0 Å². The van der Waals surface area contributed by atoms with E-state index in [2.05, 4.69) is 18.7 Å². The van der Waals surface area contributed by atoms with Crippen LogP contribution in [0.2, 0.25) is 0 Å². The quantitative estimate of drug-likeness (QED) is 0.684. The highest BCUT2D eigenvalue weighted by atomic mass is 16.2. The van der Waals surface area contributed by atoms with Crippen molar-refractivity contribution in [2.75, 3.05) is 20.1 Å². The Morgan fingerprint density at radius 1 is 1.38 bits per heavy atom. The monoisotopic (exact) mass is 224 g/mol. The number of rotatable bonds is 3. The largest absolute Gasteiger partial charge is 0.339 e. The number of carbonyl (C=O) groups excluding carboxylic acids is 1. The van der Waals surface area contributed by atoms with E-state index in [0.29, 0.717) is 12.1 Å². The van der Waals surface area contributed by atoms with Crippen LogP contribution in [0, 0.1) is 0 Å². The second-order valence-corrected chi connectivity index (χ2v) is 4.81. The highest BCUT2D eigenvalue weighted by Gasteiger charge is 2.25. The summed E-state index contributed by atoms with van der Waals surface area (Å²) in [6.07, 6.45) is 5.65. The molecule has 1 aliphatic rings. The maximum atomic E-state index is 11.7. The smallest absolute Gasteiger partial charge is 0.246 e. The van der Waals surface area contributed by atoms with E-state index in [9.17, 15) is 4.79 Å². The molecule has 1 aliphatic heterocycles. The molecule has 0 unspecified atom stereocenters. The Kier molecular flexibility index (Phi) is 5.00. The molecule has 1 rings (SSSR count). The molecule has 16 heavy (non-hydrogen) atoms. The van der Waals surface area contributed by atoms with Gasteiger partial charge in [-0.3, -0.25) is 4.79 Å². The van der Waals surface area contributed by atoms with E-state index < -0.39 is 0 Å². The van der Waals surface area contributed by atoms with Gasteiger partial charge in [0, 0.05) is 32.2 Å². The summed E-state index contributed by atoms with van der Waals surface area (Å²) >= 11 is 0. The van der Waals surface area contributed by atoms with Crippen LogP contribution in [0.15, 0.2) is 12.2 Å². The summed E-state index contributed by atoms with van der Waals surface area (Å²) in [5.41, 5.74) is 0. The molecule has 3 heteroatoms. The minimum absolute atomic E-state index is 0.130. The summed E-state index contributed by atoms with van der Waals surface area (Å²) in [6, 6.07) is 1.04. The lowest BCUT2D eigenvalue weighted by Crippen LogP contribution is -2.47. The normalized spacial score (nSPS) is 19.6. The number of hydrogen-bond donors (Lipinski definition) is 0. The first-order chi connectivity index (χ1) is 7.56. The van der Waals surface area contributed by atoms with E-state index in [-0.39, 0.29) is 5.91 Å². The maximum Gasteiger partial charge on any atom is 0.246 e. The van der Waals surface area contributed by atoms with Crippen LogP contribution in [0.25, 0.3) is 0 Å². The molecule has 0 spiro atoms. The van der Waals surface area contributed by atoms with Crippen molar-refractivity contribution in [3.8, 4) is 0 Å². The molecule has 0 aromatic rings. The first-order valence-electron chi connectivity index (χ1n) is 6.19. The van der Waals surface area contributed by atoms with Crippen molar-refractivity contribution >= 4 is 5.91 Å². The lowest BCUT2D eigenvalue weighted by atomic mass is 10.0. The minimum atomic E-state index is 0.130. The standard InChI is InChI=1S/C13H24N2O/c1-5-6-13(16)14(4)12-7-9-15(10-8-12)11(2)3/h5-6,11-12H,7-10H2,1-4H3. The first kappa shape index (κ1) is 13.2. The molecule has 1 saturated heterocycles. The first-order valence-corrected chi connectivity index (χ1v) is 6.19. The van der Waals surface area contributed by atoms with Crippen LogP contribution in [0.5, 0.6) is 0 Å². The number of carbonyl (C=O) groups is 1. The predicted molar refractivity (Wildman–Crippen MR) is 67.3 cm³/mol. The summed E-state index contributed by atoms with van der Waals surface area (Å²) in [7, 11) is 1.91. The Balaban J connectivity index is 2.44. The average molecular weight is 224 g/mol. The molecule has 1 amide bonds. The second kappa shape index (κ2) is 6.04. The Labute approximate surface area is 99.1 Å². The van der Waals surface area contributed by atoms with Gasteiger partial charge in [-0.25, -0.2) is 0 Å². The molecule has 0 aliphatic carbocycles. The second-order valence-electron chi connectivity index (χ2n) is 4.81. The van der Waals surface area contributed by atoms with Crippen LogP contribution in [0.4, 0.5) is 0 Å². The molecule has 1 heterocycles. The van der Waals surface area contributed by atoms with Gasteiger partial charge in [0.1, 0.15) is 0 Å². The highest BCUT2D eigenvalue weighted by Crippen LogP contribution is 2.17. The number of amides is 1. The summed E-state index contributed by atoms with van der Waals surface area (Å²) in [5.74, 6) is 0.130. The Bertz CT molecular complexity index is 253. The van der Waals surface area contributed by atoms with E-state index in [4.69, 9.17) is 0 Å². The highest BCUT2D eigenvalue weighted by molar-refractivity contribution is 5.87. The summed E-state index contributed by atoms with van der Waals surface area (Å²) in [5, 5.41) is 0. The molecule has 0 atom stereocenters. The van der Waals surface area contributed by atoms with Gasteiger partial charge in [0.2, 0.25) is 5.91 Å². The van der Waals surface area contributed by atoms with Crippen LogP contribution in [-0.4, -0.2) is 47.9 Å². The van der Waals surface area contributed by atoms with Crippen molar-refractivity contribution in [1.82, 2.24) is 9.80 Å². The number of likely N-dealkylation sites (tertiary alicyclic amines) is 1. The Hall–Kier alpha value is -0.830. The summed E-state index contributed by atoms with van der Waals surface area (Å²) in [6.45, 7) is 8.56. The molecule has 0 N–H and O–H groups in total. The van der Waals surface area contributed by atoms with Crippen molar-refractivity contribution in [3.05, 3.63) is 12.2 Å². The molecule has 92 valence electrons. The molecule has 0 aromatic heterocycles. The zero-order chi connectivity index (χ0) is 12.1. The van der Waals surface area contributed by atoms with Crippen molar-refractivity contribution in [2.24, 2.45) is 0 Å². The average Bonchev–Trinajstić information content (AvgIpc) is 2.28. The molecule has 1 fully saturated rings. The number of nitrogens with zero attached hydrogens (tertiary/aromatic N) is 2. The minimum Gasteiger partial charge on any atom is -0.339 e. The van der Waals surface area contributed by atoms with E-state index in [1.807, 2.05) is 24.9 Å². The fraction of sp³-hybridized carbons (Fsp3) is 0.769. The zero-order valence-corrected chi connectivity index (χ0v) is 10.9. The van der Waals surface area contributed by atoms with Gasteiger partial charge in [0.15, 0.2) is 0 Å². The molecule has 0 saturated carbocycles. The molecular weight excluding hydrogens is 200 g/mol. The van der Waals surface area contributed by atoms with Gasteiger partial charge in [0.25, 0.3) is 0 Å². The van der Waals surface area contributed by atoms with Crippen LogP contribution < -0.4 is 0 Å². The van der Waals surface area contributed by atoms with Crippen LogP contribution in [0.1, 0.15) is 33.6 Å². The SMILES string of the molecule is CC=CC(=O)N(C)C1CCN(C(C)C)CC1. The van der Waals surface area contributed by atoms with Gasteiger partial charge in [-0.15, -0.1) is 0 Å². The molecule has 0 radical (unpaired) electrons. The van der Waals surface area contributed by atoms with Crippen molar-refractivity contribution in [2.45, 2.75) is 45.7 Å². The lowest BCUT2D eigenvalue weighted by Gasteiger charge is -2.38. The predicted octanol–water partition coefficient (Wildman–Crippen LogP) is 1.89. The number of allylic oxidation sites excluding steroid dienone is 1. The number of hydrogen-bond acceptors (Lipinski definition) is 2. The molecular formula is C13H24N2O. The van der Waals surface area contributed by atoms with E-state index in [0.717, 1.165) is 25.9 Å². The third-order valence-electron chi connectivity index (χ3n) is 3.43. The topological polar surface area (TPSA) is 23.6 Å².